The summed E-state index contributed by atoms with van der Waals surface area (Å²) < 4.78 is 5.44. The van der Waals surface area contributed by atoms with Crippen molar-refractivity contribution in [2.24, 2.45) is 5.73 Å². The van der Waals surface area contributed by atoms with Gasteiger partial charge in [-0.05, 0) is 18.2 Å². The molecule has 0 saturated heterocycles. The quantitative estimate of drug-likeness (QED) is 0.789. The zero-order valence-corrected chi connectivity index (χ0v) is 13.4. The molecule has 0 fully saturated rings. The van der Waals surface area contributed by atoms with Crippen LogP contribution in [0.2, 0.25) is 5.02 Å². The number of methoxy groups -OCH3 is 1. The molecule has 0 aliphatic heterocycles. The summed E-state index contributed by atoms with van der Waals surface area (Å²) >= 11 is 6.05. The molecule has 1 aromatic heterocycles. The molecule has 2 aromatic carbocycles. The van der Waals surface area contributed by atoms with Crippen LogP contribution in [0.5, 0.6) is 5.75 Å². The van der Waals surface area contributed by atoms with Crippen molar-refractivity contribution in [2.45, 2.75) is 6.54 Å². The van der Waals surface area contributed by atoms with Crippen molar-refractivity contribution in [3.8, 4) is 28.4 Å². The maximum Gasteiger partial charge on any atom is 0.159 e. The Morgan fingerprint density at radius 3 is 2.61 bits per heavy atom. The summed E-state index contributed by atoms with van der Waals surface area (Å²) in [5, 5.41) is 0.609. The van der Waals surface area contributed by atoms with E-state index in [1.54, 1.807) is 19.4 Å². The van der Waals surface area contributed by atoms with Gasteiger partial charge < -0.3 is 10.5 Å². The fourth-order valence-corrected chi connectivity index (χ4v) is 2.54. The monoisotopic (exact) mass is 325 g/mol. The summed E-state index contributed by atoms with van der Waals surface area (Å²) in [5.74, 6) is 1.31. The van der Waals surface area contributed by atoms with E-state index >= 15 is 0 Å². The Morgan fingerprint density at radius 2 is 1.91 bits per heavy atom. The number of nitrogens with two attached hydrogens (primary N) is 1. The van der Waals surface area contributed by atoms with E-state index in [4.69, 9.17) is 27.1 Å². The van der Waals surface area contributed by atoms with Crippen molar-refractivity contribution in [3.63, 3.8) is 0 Å². The molecule has 3 aromatic rings. The molecule has 0 unspecified atom stereocenters. The molecule has 3 rings (SSSR count). The van der Waals surface area contributed by atoms with Gasteiger partial charge in [0.15, 0.2) is 5.82 Å². The van der Waals surface area contributed by atoms with Gasteiger partial charge in [0, 0.05) is 34.5 Å². The van der Waals surface area contributed by atoms with Crippen LogP contribution in [0.3, 0.4) is 0 Å². The Kier molecular flexibility index (Phi) is 4.55. The second-order valence-corrected chi connectivity index (χ2v) is 5.42. The first-order valence-corrected chi connectivity index (χ1v) is 7.56. The molecule has 5 heteroatoms. The van der Waals surface area contributed by atoms with E-state index < -0.39 is 0 Å². The van der Waals surface area contributed by atoms with Gasteiger partial charge in [0.25, 0.3) is 0 Å². The highest BCUT2D eigenvalue weighted by Gasteiger charge is 2.14. The van der Waals surface area contributed by atoms with E-state index in [0.29, 0.717) is 23.1 Å². The van der Waals surface area contributed by atoms with Crippen molar-refractivity contribution in [1.29, 1.82) is 0 Å². The maximum atomic E-state index is 6.05. The van der Waals surface area contributed by atoms with Gasteiger partial charge in [-0.2, -0.15) is 0 Å². The lowest BCUT2D eigenvalue weighted by atomic mass is 10.1. The molecular formula is C18H16ClN3O. The molecule has 0 amide bonds. The van der Waals surface area contributed by atoms with Crippen molar-refractivity contribution in [2.75, 3.05) is 7.11 Å². The summed E-state index contributed by atoms with van der Waals surface area (Å²) in [5.41, 5.74) is 9.26. The normalized spacial score (nSPS) is 10.6. The van der Waals surface area contributed by atoms with E-state index in [-0.39, 0.29) is 0 Å². The zero-order chi connectivity index (χ0) is 16.2. The highest BCUT2D eigenvalue weighted by atomic mass is 35.5. The van der Waals surface area contributed by atoms with Crippen molar-refractivity contribution in [3.05, 3.63) is 65.3 Å². The molecule has 0 saturated carbocycles. The van der Waals surface area contributed by atoms with Crippen LogP contribution in [-0.4, -0.2) is 17.1 Å². The largest absolute Gasteiger partial charge is 0.496 e. The predicted octanol–water partition coefficient (Wildman–Crippen LogP) is 3.93. The van der Waals surface area contributed by atoms with Gasteiger partial charge in [0.1, 0.15) is 5.75 Å². The lowest BCUT2D eigenvalue weighted by Gasteiger charge is -2.13. The highest BCUT2D eigenvalue weighted by molar-refractivity contribution is 6.30. The van der Waals surface area contributed by atoms with E-state index in [0.717, 1.165) is 22.4 Å². The number of ether oxygens (including phenoxy) is 1. The second kappa shape index (κ2) is 6.77. The molecule has 1 heterocycles. The molecule has 0 aliphatic carbocycles. The van der Waals surface area contributed by atoms with Crippen LogP contribution in [0.4, 0.5) is 0 Å². The Balaban J connectivity index is 2.18. The van der Waals surface area contributed by atoms with Gasteiger partial charge in [-0.25, -0.2) is 9.97 Å². The number of aromatic nitrogens is 2. The predicted molar refractivity (Wildman–Crippen MR) is 92.4 cm³/mol. The number of halogens is 1. The molecule has 2 N–H and O–H groups in total. The van der Waals surface area contributed by atoms with E-state index in [1.165, 1.54) is 0 Å². The minimum atomic E-state index is 0.343. The first-order chi connectivity index (χ1) is 11.2. The molecule has 23 heavy (non-hydrogen) atoms. The third-order valence-corrected chi connectivity index (χ3v) is 3.77. The first-order valence-electron chi connectivity index (χ1n) is 7.18. The topological polar surface area (TPSA) is 61.0 Å². The van der Waals surface area contributed by atoms with Crippen LogP contribution >= 0.6 is 11.6 Å². The lowest BCUT2D eigenvalue weighted by molar-refractivity contribution is 0.416. The number of rotatable bonds is 4. The third kappa shape index (κ3) is 3.18. The fourth-order valence-electron chi connectivity index (χ4n) is 2.38. The summed E-state index contributed by atoms with van der Waals surface area (Å²) in [7, 11) is 1.61. The summed E-state index contributed by atoms with van der Waals surface area (Å²) in [6.07, 6.45) is 1.76. The average molecular weight is 326 g/mol. The summed E-state index contributed by atoms with van der Waals surface area (Å²) in [4.78, 5) is 9.13. The molecule has 0 aliphatic rings. The van der Waals surface area contributed by atoms with Crippen LogP contribution in [0.15, 0.2) is 54.7 Å². The SMILES string of the molecule is COc1cc(Cl)ccc1-c1nc(-c2ccccc2)ncc1CN. The molecular weight excluding hydrogens is 310 g/mol. The minimum Gasteiger partial charge on any atom is -0.496 e. The minimum absolute atomic E-state index is 0.343. The lowest BCUT2D eigenvalue weighted by Crippen LogP contribution is -2.04. The maximum absolute atomic E-state index is 6.05. The van der Waals surface area contributed by atoms with Gasteiger partial charge in [0.2, 0.25) is 0 Å². The van der Waals surface area contributed by atoms with Gasteiger partial charge in [-0.15, -0.1) is 0 Å². The third-order valence-electron chi connectivity index (χ3n) is 3.54. The van der Waals surface area contributed by atoms with Crippen molar-refractivity contribution >= 4 is 11.6 Å². The Labute approximate surface area is 139 Å². The first kappa shape index (κ1) is 15.5. The van der Waals surface area contributed by atoms with Crippen LogP contribution in [0, 0.1) is 0 Å². The van der Waals surface area contributed by atoms with E-state index in [2.05, 4.69) is 4.98 Å². The average Bonchev–Trinajstić information content (AvgIpc) is 2.62. The van der Waals surface area contributed by atoms with Crippen LogP contribution in [0.25, 0.3) is 22.6 Å². The van der Waals surface area contributed by atoms with Gasteiger partial charge in [-0.1, -0.05) is 41.9 Å². The smallest absolute Gasteiger partial charge is 0.159 e. The van der Waals surface area contributed by atoms with Crippen LogP contribution in [0.1, 0.15) is 5.56 Å². The molecule has 0 radical (unpaired) electrons. The summed E-state index contributed by atoms with van der Waals surface area (Å²) in [6, 6.07) is 15.3. The second-order valence-electron chi connectivity index (χ2n) is 4.98. The zero-order valence-electron chi connectivity index (χ0n) is 12.7. The highest BCUT2D eigenvalue weighted by Crippen LogP contribution is 2.33. The van der Waals surface area contributed by atoms with E-state index in [1.807, 2.05) is 42.5 Å². The number of hydrogen-bond donors (Lipinski definition) is 1. The van der Waals surface area contributed by atoms with Crippen LogP contribution in [-0.2, 0) is 6.54 Å². The Morgan fingerprint density at radius 1 is 1.13 bits per heavy atom. The van der Waals surface area contributed by atoms with Gasteiger partial charge >= 0.3 is 0 Å². The summed E-state index contributed by atoms with van der Waals surface area (Å²) in [6.45, 7) is 0.343. The van der Waals surface area contributed by atoms with Crippen LogP contribution < -0.4 is 10.5 Å². The van der Waals surface area contributed by atoms with Crippen molar-refractivity contribution in [1.82, 2.24) is 9.97 Å². The molecule has 0 spiro atoms. The number of hydrogen-bond acceptors (Lipinski definition) is 4. The van der Waals surface area contributed by atoms with Gasteiger partial charge in [-0.3, -0.25) is 0 Å². The molecule has 116 valence electrons. The van der Waals surface area contributed by atoms with E-state index in [9.17, 15) is 0 Å². The Hall–Kier alpha value is -2.43. The molecule has 0 atom stereocenters. The number of nitrogens with zero attached hydrogens (tertiary/aromatic N) is 2. The molecule has 4 nitrogen and oxygen atoms in total. The Bertz CT molecular complexity index is 822. The standard InChI is InChI=1S/C18H16ClN3O/c1-23-16-9-14(19)7-8-15(16)17-13(10-20)11-21-18(22-17)12-5-3-2-4-6-12/h2-9,11H,10,20H2,1H3. The van der Waals surface area contributed by atoms with Crippen molar-refractivity contribution < 1.29 is 4.74 Å². The molecule has 0 bridgehead atoms. The number of benzene rings is 2. The fraction of sp³-hybridized carbons (Fsp3) is 0.111. The van der Waals surface area contributed by atoms with Gasteiger partial charge in [0.05, 0.1) is 12.8 Å².